The number of halogens is 1. The van der Waals surface area contributed by atoms with Crippen LogP contribution in [0.2, 0.25) is 0 Å². The maximum Gasteiger partial charge on any atom is 0.338 e. The number of aromatic nitrogens is 5. The second-order valence-electron chi connectivity index (χ2n) is 3.93. The summed E-state index contributed by atoms with van der Waals surface area (Å²) >= 11 is 0. The van der Waals surface area contributed by atoms with E-state index in [2.05, 4.69) is 20.1 Å². The molecule has 1 aromatic carbocycles. The summed E-state index contributed by atoms with van der Waals surface area (Å²) in [7, 11) is 0. The quantitative estimate of drug-likeness (QED) is 0.734. The average molecular weight is 261 g/mol. The fraction of sp³-hybridized carbons (Fsp3) is 0.0909. The summed E-state index contributed by atoms with van der Waals surface area (Å²) < 4.78 is 14.8. The van der Waals surface area contributed by atoms with Gasteiger partial charge in [0.2, 0.25) is 0 Å². The molecule has 0 atom stereocenters. The monoisotopic (exact) mass is 261 g/mol. The lowest BCUT2D eigenvalue weighted by Crippen LogP contribution is -2.01. The Kier molecular flexibility index (Phi) is 2.48. The van der Waals surface area contributed by atoms with Crippen molar-refractivity contribution in [3.63, 3.8) is 0 Å². The number of hydrogen-bond donors (Lipinski definition) is 2. The summed E-state index contributed by atoms with van der Waals surface area (Å²) in [6.07, 6.45) is 2.89. The van der Waals surface area contributed by atoms with Gasteiger partial charge in [-0.05, 0) is 12.1 Å². The molecule has 2 aromatic heterocycles. The van der Waals surface area contributed by atoms with Crippen molar-refractivity contribution in [3.05, 3.63) is 42.0 Å². The van der Waals surface area contributed by atoms with Crippen molar-refractivity contribution < 1.29 is 14.3 Å². The standard InChI is InChI=1S/C11H8FN5O2/c12-6-1-7(11(18)19)10-8(2-6)15-9(16-10)3-17-5-13-4-14-17/h1-2,4-5H,3H2,(H,15,16)(H,18,19). The first kappa shape index (κ1) is 11.3. The largest absolute Gasteiger partial charge is 0.478 e. The molecule has 0 aliphatic carbocycles. The Morgan fingerprint density at radius 1 is 1.47 bits per heavy atom. The summed E-state index contributed by atoms with van der Waals surface area (Å²) in [4.78, 5) is 21.9. The number of aromatic amines is 1. The molecule has 0 aliphatic heterocycles. The van der Waals surface area contributed by atoms with Crippen LogP contribution in [0.15, 0.2) is 24.8 Å². The molecule has 0 saturated carbocycles. The highest BCUT2D eigenvalue weighted by molar-refractivity contribution is 6.00. The zero-order valence-corrected chi connectivity index (χ0v) is 9.54. The smallest absolute Gasteiger partial charge is 0.338 e. The first-order valence-corrected chi connectivity index (χ1v) is 5.37. The van der Waals surface area contributed by atoms with Crippen LogP contribution in [0.25, 0.3) is 11.0 Å². The van der Waals surface area contributed by atoms with Crippen molar-refractivity contribution in [2.75, 3.05) is 0 Å². The van der Waals surface area contributed by atoms with Crippen LogP contribution in [0.5, 0.6) is 0 Å². The SMILES string of the molecule is O=C(O)c1cc(F)cc2[nH]c(Cn3cncn3)nc12. The third kappa shape index (κ3) is 2.03. The molecular weight excluding hydrogens is 253 g/mol. The fourth-order valence-electron chi connectivity index (χ4n) is 1.84. The van der Waals surface area contributed by atoms with Crippen LogP contribution in [0, 0.1) is 5.82 Å². The van der Waals surface area contributed by atoms with Crippen LogP contribution in [0.1, 0.15) is 16.2 Å². The van der Waals surface area contributed by atoms with Gasteiger partial charge in [-0.3, -0.25) is 0 Å². The van der Waals surface area contributed by atoms with E-state index in [9.17, 15) is 9.18 Å². The number of fused-ring (bicyclic) bond motifs is 1. The van der Waals surface area contributed by atoms with Crippen molar-refractivity contribution in [1.82, 2.24) is 24.7 Å². The number of carboxylic acids is 1. The molecule has 0 spiro atoms. The van der Waals surface area contributed by atoms with Crippen molar-refractivity contribution in [1.29, 1.82) is 0 Å². The molecule has 3 rings (SSSR count). The maximum absolute atomic E-state index is 13.3. The van der Waals surface area contributed by atoms with E-state index in [1.54, 1.807) is 0 Å². The third-order valence-corrected chi connectivity index (χ3v) is 2.61. The Bertz CT molecular complexity index is 750. The Morgan fingerprint density at radius 3 is 3.00 bits per heavy atom. The summed E-state index contributed by atoms with van der Waals surface area (Å²) in [6.45, 7) is 0.301. The van der Waals surface area contributed by atoms with E-state index in [4.69, 9.17) is 5.11 Å². The first-order valence-electron chi connectivity index (χ1n) is 5.37. The predicted molar refractivity (Wildman–Crippen MR) is 62.1 cm³/mol. The molecule has 0 unspecified atom stereocenters. The van der Waals surface area contributed by atoms with Crippen molar-refractivity contribution in [2.45, 2.75) is 6.54 Å². The van der Waals surface area contributed by atoms with Gasteiger partial charge in [0.05, 0.1) is 11.1 Å². The molecule has 7 nitrogen and oxygen atoms in total. The van der Waals surface area contributed by atoms with E-state index in [0.717, 1.165) is 6.07 Å². The van der Waals surface area contributed by atoms with Crippen LogP contribution in [0.3, 0.4) is 0 Å². The predicted octanol–water partition coefficient (Wildman–Crippen LogP) is 1.04. The van der Waals surface area contributed by atoms with Crippen LogP contribution in [-0.4, -0.2) is 35.8 Å². The third-order valence-electron chi connectivity index (χ3n) is 2.61. The number of nitrogens with zero attached hydrogens (tertiary/aromatic N) is 4. The molecule has 0 saturated heterocycles. The average Bonchev–Trinajstić information content (AvgIpc) is 2.97. The maximum atomic E-state index is 13.3. The van der Waals surface area contributed by atoms with E-state index in [-0.39, 0.29) is 11.1 Å². The van der Waals surface area contributed by atoms with Crippen LogP contribution >= 0.6 is 0 Å². The highest BCUT2D eigenvalue weighted by atomic mass is 19.1. The Hall–Kier alpha value is -2.77. The lowest BCUT2D eigenvalue weighted by Gasteiger charge is -1.95. The van der Waals surface area contributed by atoms with Crippen molar-refractivity contribution in [2.24, 2.45) is 0 Å². The van der Waals surface area contributed by atoms with E-state index in [1.807, 2.05) is 0 Å². The molecule has 0 bridgehead atoms. The number of imidazole rings is 1. The summed E-state index contributed by atoms with van der Waals surface area (Å²) in [5, 5.41) is 12.9. The Morgan fingerprint density at radius 2 is 2.32 bits per heavy atom. The van der Waals surface area contributed by atoms with Crippen LogP contribution in [0.4, 0.5) is 4.39 Å². The Labute approximate surface area is 105 Å². The number of rotatable bonds is 3. The van der Waals surface area contributed by atoms with E-state index >= 15 is 0 Å². The number of H-pyrrole nitrogens is 1. The number of nitrogens with one attached hydrogen (secondary N) is 1. The summed E-state index contributed by atoms with van der Waals surface area (Å²) in [6, 6.07) is 2.16. The molecule has 3 aromatic rings. The molecule has 2 N–H and O–H groups in total. The van der Waals surface area contributed by atoms with Gasteiger partial charge in [0.25, 0.3) is 0 Å². The van der Waals surface area contributed by atoms with Gasteiger partial charge in [-0.2, -0.15) is 5.10 Å². The molecule has 19 heavy (non-hydrogen) atoms. The molecule has 0 aliphatic rings. The lowest BCUT2D eigenvalue weighted by molar-refractivity contribution is 0.0698. The summed E-state index contributed by atoms with van der Waals surface area (Å²) in [5.74, 6) is -1.36. The first-order chi connectivity index (χ1) is 9.13. The number of benzene rings is 1. The van der Waals surface area contributed by atoms with Gasteiger partial charge >= 0.3 is 5.97 Å². The summed E-state index contributed by atoms with van der Waals surface area (Å²) in [5.41, 5.74) is 0.396. The fourth-order valence-corrected chi connectivity index (χ4v) is 1.84. The molecule has 0 amide bonds. The molecule has 2 heterocycles. The van der Waals surface area contributed by atoms with Gasteiger partial charge in [-0.15, -0.1) is 0 Å². The van der Waals surface area contributed by atoms with E-state index in [0.29, 0.717) is 17.9 Å². The van der Waals surface area contributed by atoms with Gasteiger partial charge in [0.1, 0.15) is 36.4 Å². The van der Waals surface area contributed by atoms with Crippen molar-refractivity contribution in [3.8, 4) is 0 Å². The molecule has 0 radical (unpaired) electrons. The molecule has 8 heteroatoms. The van der Waals surface area contributed by atoms with Crippen molar-refractivity contribution >= 4 is 17.0 Å². The van der Waals surface area contributed by atoms with Crippen LogP contribution < -0.4 is 0 Å². The number of aromatic carboxylic acids is 1. The minimum atomic E-state index is -1.22. The second kappa shape index (κ2) is 4.16. The second-order valence-corrected chi connectivity index (χ2v) is 3.93. The molecule has 96 valence electrons. The Balaban J connectivity index is 2.09. The lowest BCUT2D eigenvalue weighted by atomic mass is 10.2. The highest BCUT2D eigenvalue weighted by Gasteiger charge is 2.15. The number of hydrogen-bond acceptors (Lipinski definition) is 4. The van der Waals surface area contributed by atoms with Crippen LogP contribution in [-0.2, 0) is 6.54 Å². The highest BCUT2D eigenvalue weighted by Crippen LogP contribution is 2.19. The topological polar surface area (TPSA) is 96.7 Å². The van der Waals surface area contributed by atoms with E-state index < -0.39 is 11.8 Å². The van der Waals surface area contributed by atoms with Gasteiger partial charge in [-0.1, -0.05) is 0 Å². The van der Waals surface area contributed by atoms with Gasteiger partial charge in [0, 0.05) is 0 Å². The van der Waals surface area contributed by atoms with E-state index in [1.165, 1.54) is 23.4 Å². The minimum absolute atomic E-state index is 0.170. The minimum Gasteiger partial charge on any atom is -0.478 e. The van der Waals surface area contributed by atoms with Gasteiger partial charge in [0.15, 0.2) is 0 Å². The zero-order chi connectivity index (χ0) is 13.4. The molecule has 0 fully saturated rings. The normalized spacial score (nSPS) is 11.0. The van der Waals surface area contributed by atoms with Gasteiger partial charge < -0.3 is 10.1 Å². The van der Waals surface area contributed by atoms with Gasteiger partial charge in [-0.25, -0.2) is 23.8 Å². The number of carboxylic acid groups (broad SMARTS) is 1. The molecular formula is C11H8FN5O2. The zero-order valence-electron chi connectivity index (χ0n) is 9.54. The number of carbonyl (C=O) groups is 1.